The Morgan fingerprint density at radius 2 is 1.73 bits per heavy atom. The summed E-state index contributed by atoms with van der Waals surface area (Å²) in [5, 5.41) is 0. The van der Waals surface area contributed by atoms with Crippen molar-refractivity contribution in [1.82, 2.24) is 0 Å². The number of hydrogen-bond acceptors (Lipinski definition) is 2. The lowest BCUT2D eigenvalue weighted by Crippen LogP contribution is -2.45. The van der Waals surface area contributed by atoms with Crippen molar-refractivity contribution < 1.29 is 13.5 Å². The molecule has 1 aliphatic heterocycles. The molecule has 1 saturated heterocycles. The zero-order valence-electron chi connectivity index (χ0n) is 13.9. The number of hydrogen-bond donors (Lipinski definition) is 0. The van der Waals surface area contributed by atoms with Gasteiger partial charge in [-0.05, 0) is 38.3 Å². The fourth-order valence-electron chi connectivity index (χ4n) is 3.13. The number of morpholine rings is 1. The summed E-state index contributed by atoms with van der Waals surface area (Å²) in [5.74, 6) is -1.39. The van der Waals surface area contributed by atoms with E-state index in [9.17, 15) is 8.78 Å². The molecule has 0 amide bonds. The summed E-state index contributed by atoms with van der Waals surface area (Å²) < 4.78 is 34.4. The summed E-state index contributed by atoms with van der Waals surface area (Å²) in [6.07, 6.45) is 4.93. The molecule has 0 unspecified atom stereocenters. The number of unbranched alkanes of at least 4 members (excludes halogenated alkanes) is 3. The van der Waals surface area contributed by atoms with Crippen LogP contribution in [0.5, 0.6) is 0 Å². The first-order chi connectivity index (χ1) is 10.5. The second-order valence-electron chi connectivity index (χ2n) is 6.34. The average Bonchev–Trinajstić information content (AvgIpc) is 2.46. The van der Waals surface area contributed by atoms with Gasteiger partial charge in [-0.1, -0.05) is 32.3 Å². The van der Waals surface area contributed by atoms with Crippen molar-refractivity contribution in [3.8, 4) is 0 Å². The summed E-state index contributed by atoms with van der Waals surface area (Å²) in [6.45, 7) is 7.24. The van der Waals surface area contributed by atoms with Gasteiger partial charge in [0.25, 0.3) is 0 Å². The maximum atomic E-state index is 14.4. The van der Waals surface area contributed by atoms with E-state index < -0.39 is 11.6 Å². The van der Waals surface area contributed by atoms with Gasteiger partial charge < -0.3 is 9.64 Å². The highest BCUT2D eigenvalue weighted by Gasteiger charge is 2.26. The van der Waals surface area contributed by atoms with Crippen molar-refractivity contribution in [2.75, 3.05) is 18.0 Å². The number of aryl methyl sites for hydroxylation is 1. The molecule has 1 aliphatic rings. The topological polar surface area (TPSA) is 12.5 Å². The Balaban J connectivity index is 2.09. The number of rotatable bonds is 6. The summed E-state index contributed by atoms with van der Waals surface area (Å²) >= 11 is 0. The van der Waals surface area contributed by atoms with Crippen LogP contribution in [0.15, 0.2) is 12.1 Å². The standard InChI is InChI=1S/C18H27F2NO/c1-4-5-6-7-8-15-9-10-16(18(20)17(15)19)21-11-13(2)22-14(3)12-21/h9-10,13-14H,4-8,11-12H2,1-3H3/t13-,14+. The number of ether oxygens (including phenoxy) is 1. The van der Waals surface area contributed by atoms with Crippen LogP contribution in [0.25, 0.3) is 0 Å². The maximum Gasteiger partial charge on any atom is 0.182 e. The highest BCUT2D eigenvalue weighted by molar-refractivity contribution is 5.50. The van der Waals surface area contributed by atoms with Gasteiger partial charge in [-0.25, -0.2) is 8.78 Å². The van der Waals surface area contributed by atoms with Crippen LogP contribution < -0.4 is 4.90 Å². The van der Waals surface area contributed by atoms with Crippen LogP contribution in [0, 0.1) is 11.6 Å². The summed E-state index contributed by atoms with van der Waals surface area (Å²) in [7, 11) is 0. The molecule has 0 spiro atoms. The van der Waals surface area contributed by atoms with E-state index in [0.717, 1.165) is 25.7 Å². The molecular formula is C18H27F2NO. The van der Waals surface area contributed by atoms with E-state index in [1.807, 2.05) is 18.7 Å². The average molecular weight is 311 g/mol. The van der Waals surface area contributed by atoms with Crippen molar-refractivity contribution in [2.45, 2.75) is 65.1 Å². The third-order valence-electron chi connectivity index (χ3n) is 4.20. The van der Waals surface area contributed by atoms with Crippen LogP contribution in [0.4, 0.5) is 14.5 Å². The van der Waals surface area contributed by atoms with Crippen LogP contribution >= 0.6 is 0 Å². The smallest absolute Gasteiger partial charge is 0.182 e. The molecule has 0 bridgehead atoms. The van der Waals surface area contributed by atoms with E-state index in [-0.39, 0.29) is 12.2 Å². The SMILES string of the molecule is CCCCCCc1ccc(N2C[C@@H](C)O[C@@H](C)C2)c(F)c1F. The van der Waals surface area contributed by atoms with Crippen molar-refractivity contribution in [3.63, 3.8) is 0 Å². The van der Waals surface area contributed by atoms with Gasteiger partial charge >= 0.3 is 0 Å². The molecule has 0 N–H and O–H groups in total. The minimum atomic E-state index is -0.714. The lowest BCUT2D eigenvalue weighted by molar-refractivity contribution is -0.00543. The van der Waals surface area contributed by atoms with Crippen LogP contribution in [-0.4, -0.2) is 25.3 Å². The second-order valence-corrected chi connectivity index (χ2v) is 6.34. The molecule has 0 saturated carbocycles. The van der Waals surface area contributed by atoms with E-state index in [2.05, 4.69) is 6.92 Å². The molecule has 124 valence electrons. The largest absolute Gasteiger partial charge is 0.372 e. The van der Waals surface area contributed by atoms with E-state index in [0.29, 0.717) is 30.8 Å². The predicted octanol–water partition coefficient (Wildman–Crippen LogP) is 4.70. The van der Waals surface area contributed by atoms with Crippen molar-refractivity contribution >= 4 is 5.69 Å². The Kier molecular flexibility index (Phi) is 6.18. The summed E-state index contributed by atoms with van der Waals surface area (Å²) in [5.41, 5.74) is 0.850. The van der Waals surface area contributed by atoms with Crippen LogP contribution in [0.3, 0.4) is 0 Å². The third kappa shape index (κ3) is 4.19. The number of halogens is 2. The third-order valence-corrected chi connectivity index (χ3v) is 4.20. The van der Waals surface area contributed by atoms with Crippen LogP contribution in [0.1, 0.15) is 52.0 Å². The lowest BCUT2D eigenvalue weighted by Gasteiger charge is -2.37. The van der Waals surface area contributed by atoms with Gasteiger partial charge in [-0.3, -0.25) is 0 Å². The van der Waals surface area contributed by atoms with Crippen molar-refractivity contribution in [2.24, 2.45) is 0 Å². The molecule has 0 radical (unpaired) electrons. The minimum Gasteiger partial charge on any atom is -0.372 e. The first-order valence-electron chi connectivity index (χ1n) is 8.40. The lowest BCUT2D eigenvalue weighted by atomic mass is 10.0. The Morgan fingerprint density at radius 1 is 1.05 bits per heavy atom. The van der Waals surface area contributed by atoms with E-state index in [1.165, 1.54) is 0 Å². The molecule has 1 heterocycles. The quantitative estimate of drug-likeness (QED) is 0.706. The molecule has 2 nitrogen and oxygen atoms in total. The molecule has 1 fully saturated rings. The molecule has 0 aromatic heterocycles. The van der Waals surface area contributed by atoms with Crippen molar-refractivity contribution in [1.29, 1.82) is 0 Å². The fraction of sp³-hybridized carbons (Fsp3) is 0.667. The minimum absolute atomic E-state index is 0.0277. The van der Waals surface area contributed by atoms with Gasteiger partial charge in [0.05, 0.1) is 17.9 Å². The molecule has 1 aromatic rings. The maximum absolute atomic E-state index is 14.4. The summed E-state index contributed by atoms with van der Waals surface area (Å²) in [6, 6.07) is 3.46. The molecule has 2 atom stereocenters. The van der Waals surface area contributed by atoms with Gasteiger partial charge in [0.15, 0.2) is 11.6 Å². The fourth-order valence-corrected chi connectivity index (χ4v) is 3.13. The molecule has 0 aliphatic carbocycles. The monoisotopic (exact) mass is 311 g/mol. The van der Waals surface area contributed by atoms with E-state index in [4.69, 9.17) is 4.74 Å². The number of benzene rings is 1. The number of anilines is 1. The normalized spacial score (nSPS) is 22.1. The van der Waals surface area contributed by atoms with Gasteiger partial charge in [0, 0.05) is 13.1 Å². The molecular weight excluding hydrogens is 284 g/mol. The molecule has 4 heteroatoms. The predicted molar refractivity (Wildman–Crippen MR) is 86.4 cm³/mol. The molecule has 2 rings (SSSR count). The van der Waals surface area contributed by atoms with E-state index >= 15 is 0 Å². The van der Waals surface area contributed by atoms with Crippen LogP contribution in [0.2, 0.25) is 0 Å². The first-order valence-corrected chi connectivity index (χ1v) is 8.40. The Bertz CT molecular complexity index is 482. The number of nitrogens with zero attached hydrogens (tertiary/aromatic N) is 1. The molecule has 1 aromatic carbocycles. The highest BCUT2D eigenvalue weighted by Crippen LogP contribution is 2.27. The zero-order valence-corrected chi connectivity index (χ0v) is 13.9. The molecule has 22 heavy (non-hydrogen) atoms. The summed E-state index contributed by atoms with van der Waals surface area (Å²) in [4.78, 5) is 1.89. The van der Waals surface area contributed by atoms with Gasteiger partial charge in [-0.15, -0.1) is 0 Å². The van der Waals surface area contributed by atoms with Gasteiger partial charge in [-0.2, -0.15) is 0 Å². The van der Waals surface area contributed by atoms with E-state index in [1.54, 1.807) is 12.1 Å². The zero-order chi connectivity index (χ0) is 16.1. The van der Waals surface area contributed by atoms with Gasteiger partial charge in [0.2, 0.25) is 0 Å². The Labute approximate surface area is 132 Å². The van der Waals surface area contributed by atoms with Crippen LogP contribution in [-0.2, 0) is 11.2 Å². The Morgan fingerprint density at radius 3 is 2.36 bits per heavy atom. The van der Waals surface area contributed by atoms with Crippen molar-refractivity contribution in [3.05, 3.63) is 29.3 Å². The van der Waals surface area contributed by atoms with Gasteiger partial charge in [0.1, 0.15) is 0 Å². The second kappa shape index (κ2) is 7.91. The highest BCUT2D eigenvalue weighted by atomic mass is 19.2. The Hall–Kier alpha value is -1.16. The first kappa shape index (κ1) is 17.2.